The maximum atomic E-state index is 9.76. The van der Waals surface area contributed by atoms with Crippen molar-refractivity contribution in [3.05, 3.63) is 20.8 Å². The molecule has 1 unspecified atom stereocenters. The Hall–Kier alpha value is 0.0600. The fourth-order valence-electron chi connectivity index (χ4n) is 3.13. The lowest BCUT2D eigenvalue weighted by molar-refractivity contribution is 0.0535. The first-order chi connectivity index (χ1) is 8.61. The largest absolute Gasteiger partial charge is 0.392 e. The van der Waals surface area contributed by atoms with Gasteiger partial charge >= 0.3 is 0 Å². The summed E-state index contributed by atoms with van der Waals surface area (Å²) in [6, 6.07) is 5.46. The molecule has 1 N–H and O–H groups in total. The average molecular weight is 331 g/mol. The molecule has 18 heavy (non-hydrogen) atoms. The molecule has 2 aliphatic rings. The predicted octanol–water partition coefficient (Wildman–Crippen LogP) is 2.15. The van der Waals surface area contributed by atoms with E-state index in [1.807, 2.05) is 11.3 Å². The lowest BCUT2D eigenvalue weighted by atomic mass is 10.1. The Balaban J connectivity index is 1.66. The summed E-state index contributed by atoms with van der Waals surface area (Å²) in [5.74, 6) is 0. The normalized spacial score (nSPS) is 33.8. The zero-order chi connectivity index (χ0) is 12.7. The number of hydrogen-bond donors (Lipinski definition) is 1. The first-order valence-corrected chi connectivity index (χ1v) is 8.13. The highest BCUT2D eigenvalue weighted by Gasteiger charge is 2.37. The molecule has 0 amide bonds. The fourth-order valence-corrected chi connectivity index (χ4v) is 4.64. The van der Waals surface area contributed by atoms with Gasteiger partial charge in [0.2, 0.25) is 0 Å². The van der Waals surface area contributed by atoms with Gasteiger partial charge in [-0.15, -0.1) is 11.3 Å². The van der Waals surface area contributed by atoms with Crippen LogP contribution in [0.2, 0.25) is 0 Å². The summed E-state index contributed by atoms with van der Waals surface area (Å²) >= 11 is 5.34. The molecule has 2 aliphatic heterocycles. The van der Waals surface area contributed by atoms with Crippen molar-refractivity contribution in [2.45, 2.75) is 38.1 Å². The van der Waals surface area contributed by atoms with Gasteiger partial charge in [-0.05, 0) is 41.4 Å². The number of halogens is 1. The third kappa shape index (κ3) is 2.65. The minimum absolute atomic E-state index is 0.113. The molecule has 0 aliphatic carbocycles. The van der Waals surface area contributed by atoms with Crippen LogP contribution in [0.15, 0.2) is 15.9 Å². The second kappa shape index (κ2) is 5.21. The molecule has 0 bridgehead atoms. The molecule has 0 spiro atoms. The van der Waals surface area contributed by atoms with Gasteiger partial charge in [-0.1, -0.05) is 0 Å². The summed E-state index contributed by atoms with van der Waals surface area (Å²) in [6.45, 7) is 6.39. The van der Waals surface area contributed by atoms with Gasteiger partial charge in [0.25, 0.3) is 0 Å². The lowest BCUT2D eigenvalue weighted by Gasteiger charge is -2.42. The van der Waals surface area contributed by atoms with E-state index in [1.165, 1.54) is 8.66 Å². The van der Waals surface area contributed by atoms with Crippen LogP contribution in [-0.4, -0.2) is 52.7 Å². The third-order valence-electron chi connectivity index (χ3n) is 4.06. The molecule has 3 rings (SSSR count). The van der Waals surface area contributed by atoms with Crippen LogP contribution in [0.25, 0.3) is 0 Å². The molecule has 100 valence electrons. The number of thiophene rings is 1. The minimum atomic E-state index is -0.113. The van der Waals surface area contributed by atoms with Gasteiger partial charge < -0.3 is 5.11 Å². The summed E-state index contributed by atoms with van der Waals surface area (Å²) in [7, 11) is 0. The van der Waals surface area contributed by atoms with E-state index in [2.05, 4.69) is 44.8 Å². The Kier molecular flexibility index (Phi) is 3.78. The molecule has 0 aromatic carbocycles. The van der Waals surface area contributed by atoms with Crippen molar-refractivity contribution in [2.75, 3.05) is 19.6 Å². The van der Waals surface area contributed by atoms with Gasteiger partial charge in [0.1, 0.15) is 0 Å². The Morgan fingerprint density at radius 1 is 1.39 bits per heavy atom. The van der Waals surface area contributed by atoms with Crippen molar-refractivity contribution in [2.24, 2.45) is 0 Å². The van der Waals surface area contributed by atoms with E-state index in [-0.39, 0.29) is 6.10 Å². The minimum Gasteiger partial charge on any atom is -0.392 e. The van der Waals surface area contributed by atoms with Crippen LogP contribution in [0.1, 0.15) is 18.2 Å². The van der Waals surface area contributed by atoms with Crippen LogP contribution in [0.3, 0.4) is 0 Å². The first-order valence-electron chi connectivity index (χ1n) is 6.52. The summed E-state index contributed by atoms with van der Waals surface area (Å²) in [6.07, 6.45) is 0.829. The van der Waals surface area contributed by atoms with Gasteiger partial charge in [-0.25, -0.2) is 0 Å². The Labute approximate surface area is 121 Å². The van der Waals surface area contributed by atoms with Crippen molar-refractivity contribution in [1.29, 1.82) is 0 Å². The molecule has 1 aromatic heterocycles. The maximum absolute atomic E-state index is 9.76. The number of aliphatic hydroxyl groups excluding tert-OH is 1. The summed E-state index contributed by atoms with van der Waals surface area (Å²) in [5.41, 5.74) is 0. The molecule has 5 heteroatoms. The second-order valence-electron chi connectivity index (χ2n) is 5.48. The standard InChI is InChI=1S/C13H19BrN2OS/c1-9-5-16-7-11(17)4-10(16)6-15(9)8-12-2-3-13(14)18-12/h2-3,9-11,17H,4-8H2,1H3/t9-,10?,11+/m0/s1. The van der Waals surface area contributed by atoms with Crippen molar-refractivity contribution >= 4 is 27.3 Å². The Morgan fingerprint density at radius 3 is 2.94 bits per heavy atom. The average Bonchev–Trinajstić information content (AvgIpc) is 2.85. The van der Waals surface area contributed by atoms with Crippen LogP contribution in [0, 0.1) is 0 Å². The van der Waals surface area contributed by atoms with Crippen LogP contribution < -0.4 is 0 Å². The topological polar surface area (TPSA) is 26.7 Å². The van der Waals surface area contributed by atoms with Crippen LogP contribution in [0.4, 0.5) is 0 Å². The highest BCUT2D eigenvalue weighted by Crippen LogP contribution is 2.28. The van der Waals surface area contributed by atoms with E-state index in [9.17, 15) is 5.11 Å². The molecule has 3 nitrogen and oxygen atoms in total. The molecule has 0 saturated carbocycles. The number of fused-ring (bicyclic) bond motifs is 1. The molecule has 1 aromatic rings. The van der Waals surface area contributed by atoms with Gasteiger partial charge in [-0.3, -0.25) is 9.80 Å². The number of nitrogens with zero attached hydrogens (tertiary/aromatic N) is 2. The fraction of sp³-hybridized carbons (Fsp3) is 0.692. The molecule has 0 radical (unpaired) electrons. The number of piperazine rings is 1. The zero-order valence-corrected chi connectivity index (χ0v) is 13.0. The van der Waals surface area contributed by atoms with Gasteiger partial charge in [0.15, 0.2) is 0 Å². The van der Waals surface area contributed by atoms with E-state index in [4.69, 9.17) is 0 Å². The monoisotopic (exact) mass is 330 g/mol. The lowest BCUT2D eigenvalue weighted by Crippen LogP contribution is -2.54. The molecular weight excluding hydrogens is 312 g/mol. The summed E-state index contributed by atoms with van der Waals surface area (Å²) in [5, 5.41) is 9.76. The number of rotatable bonds is 2. The van der Waals surface area contributed by atoms with Crippen LogP contribution in [-0.2, 0) is 6.54 Å². The van der Waals surface area contributed by atoms with Crippen LogP contribution >= 0.6 is 27.3 Å². The Morgan fingerprint density at radius 2 is 2.22 bits per heavy atom. The third-order valence-corrected chi connectivity index (χ3v) is 5.67. The van der Waals surface area contributed by atoms with E-state index < -0.39 is 0 Å². The van der Waals surface area contributed by atoms with E-state index in [1.54, 1.807) is 0 Å². The van der Waals surface area contributed by atoms with Crippen LogP contribution in [0.5, 0.6) is 0 Å². The van der Waals surface area contributed by atoms with Crippen molar-refractivity contribution in [3.63, 3.8) is 0 Å². The predicted molar refractivity (Wildman–Crippen MR) is 77.9 cm³/mol. The SMILES string of the molecule is C[C@H]1CN2C[C@H](O)CC2CN1Cc1ccc(Br)s1. The van der Waals surface area contributed by atoms with Gasteiger partial charge in [0.05, 0.1) is 9.89 Å². The summed E-state index contributed by atoms with van der Waals surface area (Å²) in [4.78, 5) is 6.42. The van der Waals surface area contributed by atoms with Crippen molar-refractivity contribution in [3.8, 4) is 0 Å². The second-order valence-corrected chi connectivity index (χ2v) is 8.03. The van der Waals surface area contributed by atoms with Crippen molar-refractivity contribution < 1.29 is 5.11 Å². The van der Waals surface area contributed by atoms with Crippen molar-refractivity contribution in [1.82, 2.24) is 9.80 Å². The molecule has 3 atom stereocenters. The quantitative estimate of drug-likeness (QED) is 0.900. The highest BCUT2D eigenvalue weighted by atomic mass is 79.9. The maximum Gasteiger partial charge on any atom is 0.0701 e. The Bertz CT molecular complexity index is 425. The van der Waals surface area contributed by atoms with E-state index in [0.717, 1.165) is 32.6 Å². The highest BCUT2D eigenvalue weighted by molar-refractivity contribution is 9.11. The molecule has 2 fully saturated rings. The van der Waals surface area contributed by atoms with E-state index in [0.29, 0.717) is 12.1 Å². The molecular formula is C13H19BrN2OS. The molecule has 3 heterocycles. The first kappa shape index (κ1) is 13.1. The number of aliphatic hydroxyl groups is 1. The number of hydrogen-bond acceptors (Lipinski definition) is 4. The summed E-state index contributed by atoms with van der Waals surface area (Å²) < 4.78 is 1.21. The van der Waals surface area contributed by atoms with Gasteiger partial charge in [-0.2, -0.15) is 0 Å². The smallest absolute Gasteiger partial charge is 0.0701 e. The van der Waals surface area contributed by atoms with E-state index >= 15 is 0 Å². The zero-order valence-electron chi connectivity index (χ0n) is 10.6. The molecule has 2 saturated heterocycles. The van der Waals surface area contributed by atoms with Gasteiger partial charge in [0, 0.05) is 43.1 Å².